The summed E-state index contributed by atoms with van der Waals surface area (Å²) >= 11 is 0. The van der Waals surface area contributed by atoms with Crippen molar-refractivity contribution in [2.45, 2.75) is 121 Å². The van der Waals surface area contributed by atoms with Crippen molar-refractivity contribution in [3.05, 3.63) is 75.9 Å². The van der Waals surface area contributed by atoms with Gasteiger partial charge in [-0.2, -0.15) is 176 Å². The van der Waals surface area contributed by atoms with Crippen LogP contribution in [0.3, 0.4) is 0 Å². The van der Waals surface area contributed by atoms with E-state index in [0.29, 0.717) is 0 Å². The average molecular weight is 1650 g/mol. The Morgan fingerprint density at radius 2 is 0.267 bits per heavy atom. The zero-order valence-corrected chi connectivity index (χ0v) is 48.8. The van der Waals surface area contributed by atoms with Crippen molar-refractivity contribution in [1.29, 1.82) is 0 Å². The SMILES string of the molecule is C=CC(=O)OCC(F)(F)C(F)(F)OC(F)(F)C(C(F)(F)OC(F)(F)C(F)(F)COC(=O)C=C)(C(F)(F)OC(F)(F)C(F)(F)COC(=O)C=C)C(F)(F)OC(F)(F)C(C(F)(F)OC(F)(F)C(F)(F)COC(=O)C=C)(C(F)(F)OC(F)(F)C(F)(F)COC(=O)C=C)C(F)(F)OC(F)(F)C(F)(F)COC(=O)C=C. The van der Waals surface area contributed by atoms with Crippen LogP contribution in [-0.2, 0) is 90.3 Å². The van der Waals surface area contributed by atoms with Crippen LogP contribution in [0.1, 0.15) is 0 Å². The van der Waals surface area contributed by atoms with Crippen LogP contribution in [0.5, 0.6) is 0 Å². The third kappa shape index (κ3) is 19.7. The molecule has 59 heteroatoms. The van der Waals surface area contributed by atoms with Gasteiger partial charge in [-0.3, -0.25) is 4.74 Å². The van der Waals surface area contributed by atoms with E-state index in [2.05, 4.69) is 67.9 Å². The van der Waals surface area contributed by atoms with Gasteiger partial charge in [-0.25, -0.2) is 57.2 Å². The second-order valence-electron chi connectivity index (χ2n) is 18.5. The molecule has 105 heavy (non-hydrogen) atoms. The summed E-state index contributed by atoms with van der Waals surface area (Å²) in [4.78, 5) is 67.9. The van der Waals surface area contributed by atoms with Crippen LogP contribution in [0.15, 0.2) is 75.9 Å². The van der Waals surface area contributed by atoms with E-state index in [1.165, 1.54) is 0 Å². The maximum atomic E-state index is 17.4. The van der Waals surface area contributed by atoms with Gasteiger partial charge in [-0.05, 0) is 0 Å². The van der Waals surface area contributed by atoms with Gasteiger partial charge < -0.3 is 28.4 Å². The van der Waals surface area contributed by atoms with Crippen LogP contribution in [0.25, 0.3) is 0 Å². The number of halogens is 40. The smallest absolute Gasteiger partial charge is 0.427 e. The summed E-state index contributed by atoms with van der Waals surface area (Å²) in [6, 6.07) is 0. The highest BCUT2D eigenvalue weighted by atomic mass is 19.4. The second kappa shape index (κ2) is 31.2. The fourth-order valence-corrected chi connectivity index (χ4v) is 6.05. The van der Waals surface area contributed by atoms with Crippen molar-refractivity contribution in [3.8, 4) is 0 Å². The fraction of sp³-hybridized carbons (Fsp3) is 0.609. The van der Waals surface area contributed by atoms with Crippen molar-refractivity contribution in [2.24, 2.45) is 10.8 Å². The molecular weight excluding hydrogens is 1620 g/mol. The van der Waals surface area contributed by atoms with Crippen LogP contribution in [0, 0.1) is 10.8 Å². The molecule has 0 N–H and O–H groups in total. The first-order valence-corrected chi connectivity index (χ1v) is 24.4. The molecule has 0 aliphatic heterocycles. The molecule has 0 fully saturated rings. The molecule has 0 spiro atoms. The van der Waals surface area contributed by atoms with Crippen molar-refractivity contribution >= 4 is 35.8 Å². The highest BCUT2D eigenvalue weighted by Crippen LogP contribution is 2.75. The predicted octanol–water partition coefficient (Wildman–Crippen LogP) is 13.6. The number of carbonyl (C=O) groups is 6. The third-order valence-corrected chi connectivity index (χ3v) is 11.2. The van der Waals surface area contributed by atoms with Gasteiger partial charge in [0.2, 0.25) is 0 Å². The Bertz CT molecular complexity index is 2680. The number of hydrogen-bond donors (Lipinski definition) is 0. The number of esters is 6. The van der Waals surface area contributed by atoms with Crippen molar-refractivity contribution < 1.29 is 266 Å². The van der Waals surface area contributed by atoms with Gasteiger partial charge in [0.1, 0.15) is 0 Å². The number of ether oxygens (including phenoxy) is 13. The molecular formula is C46H30F40O19. The number of hydrogen-bond acceptors (Lipinski definition) is 19. The molecule has 0 amide bonds. The Labute approximate surface area is 549 Å². The fourth-order valence-electron chi connectivity index (χ4n) is 6.05. The summed E-state index contributed by atoms with van der Waals surface area (Å²) in [5, 5.41) is 0. The van der Waals surface area contributed by atoms with Crippen LogP contribution in [-0.4, -0.2) is 197 Å². The van der Waals surface area contributed by atoms with Gasteiger partial charge in [0, 0.05) is 36.5 Å². The molecule has 0 rings (SSSR count). The van der Waals surface area contributed by atoms with E-state index in [-0.39, 0.29) is 0 Å². The minimum Gasteiger partial charge on any atom is -0.456 e. The minimum absolute atomic E-state index is 0.641. The van der Waals surface area contributed by atoms with Crippen LogP contribution in [0.2, 0.25) is 0 Å². The molecule has 0 aromatic carbocycles. The maximum absolute atomic E-state index is 17.4. The maximum Gasteiger partial charge on any atom is 0.427 e. The highest BCUT2D eigenvalue weighted by molar-refractivity contribution is 5.83. The largest absolute Gasteiger partial charge is 0.456 e. The predicted molar refractivity (Wildman–Crippen MR) is 238 cm³/mol. The van der Waals surface area contributed by atoms with E-state index >= 15 is 123 Å². The Hall–Kier alpha value is -7.82. The van der Waals surface area contributed by atoms with Gasteiger partial charge >= 0.3 is 168 Å². The van der Waals surface area contributed by atoms with Gasteiger partial charge in [-0.15, -0.1) is 0 Å². The molecule has 0 unspecified atom stereocenters. The Balaban J connectivity index is 11.6. The minimum atomic E-state index is -11.6. The lowest BCUT2D eigenvalue weighted by Gasteiger charge is -2.54. The molecule has 608 valence electrons. The third-order valence-electron chi connectivity index (χ3n) is 11.2. The van der Waals surface area contributed by atoms with Crippen LogP contribution < -0.4 is 0 Å². The molecule has 0 saturated carbocycles. The lowest BCUT2D eigenvalue weighted by molar-refractivity contribution is -0.647. The lowest BCUT2D eigenvalue weighted by Crippen LogP contribution is -2.81. The second-order valence-corrected chi connectivity index (χ2v) is 18.5. The highest BCUT2D eigenvalue weighted by Gasteiger charge is 3.03. The summed E-state index contributed by atoms with van der Waals surface area (Å²) in [5.74, 6) is -64.3. The van der Waals surface area contributed by atoms with E-state index < -0.39 is 244 Å². The Kier molecular flexibility index (Phi) is 28.9. The van der Waals surface area contributed by atoms with Gasteiger partial charge in [0.25, 0.3) is 0 Å². The zero-order chi connectivity index (χ0) is 84.1. The molecule has 0 saturated heterocycles. The van der Waals surface area contributed by atoms with Crippen molar-refractivity contribution in [2.75, 3.05) is 39.6 Å². The molecule has 0 aromatic rings. The van der Waals surface area contributed by atoms with E-state index in [4.69, 9.17) is 0 Å². The monoisotopic (exact) mass is 1650 g/mol. The molecule has 0 bridgehead atoms. The molecule has 0 atom stereocenters. The molecule has 0 aromatic heterocycles. The van der Waals surface area contributed by atoms with Crippen LogP contribution in [0.4, 0.5) is 176 Å². The standard InChI is InChI=1S/C46H30F40O19/c1-7-19(87)93-13-25(47,48)33(59,60)99-39(71,72)31(40(73,74)100-34(61,62)26(49,50)14-94-20(88)8-2,41(75,76)101-35(63,64)27(51,52)15-95-21(89)9-3)45(83,84)105-46(85,86)32(42(77,78)102-36(65,66)28(53,54)16-96-22(90)10-4,43(79,80)103-37(67,68)29(55,56)17-97-23(91)11-5)44(81,82)104-38(69,70)30(57,58)18-98-24(92)12-6/h7-12H,1-6,13-18H2. The molecule has 0 aliphatic carbocycles. The van der Waals surface area contributed by atoms with E-state index in [1.807, 2.05) is 0 Å². The van der Waals surface area contributed by atoms with Gasteiger partial charge in [-0.1, -0.05) is 39.5 Å². The summed E-state index contributed by atoms with van der Waals surface area (Å²) < 4.78 is 661. The number of carbonyl (C=O) groups excluding carboxylic acids is 6. The van der Waals surface area contributed by atoms with E-state index in [9.17, 15) is 81.5 Å². The van der Waals surface area contributed by atoms with E-state index in [0.717, 1.165) is 33.2 Å². The molecule has 0 heterocycles. The summed E-state index contributed by atoms with van der Waals surface area (Å²) in [6.07, 6.45) is -146. The number of rotatable bonds is 46. The van der Waals surface area contributed by atoms with Gasteiger partial charge in [0.05, 0.1) is 0 Å². The molecule has 0 radical (unpaired) electrons. The normalized spacial score (nSPS) is 14.9. The molecule has 0 aliphatic rings. The van der Waals surface area contributed by atoms with Crippen molar-refractivity contribution in [3.63, 3.8) is 0 Å². The van der Waals surface area contributed by atoms with E-state index in [1.54, 1.807) is 0 Å². The van der Waals surface area contributed by atoms with Crippen LogP contribution >= 0.6 is 0 Å². The first-order chi connectivity index (χ1) is 46.2. The number of alkyl halides is 40. The first kappa shape index (κ1) is 97.2. The molecule has 19 nitrogen and oxygen atoms in total. The lowest BCUT2D eigenvalue weighted by atomic mass is 9.78. The first-order valence-electron chi connectivity index (χ1n) is 24.4. The van der Waals surface area contributed by atoms with Gasteiger partial charge in [0.15, 0.2) is 39.6 Å². The van der Waals surface area contributed by atoms with Crippen molar-refractivity contribution in [1.82, 2.24) is 0 Å². The zero-order valence-electron chi connectivity index (χ0n) is 48.8. The quantitative estimate of drug-likeness (QED) is 0.0239. The summed E-state index contributed by atoms with van der Waals surface area (Å²) in [5.41, 5.74) is -23.2. The summed E-state index contributed by atoms with van der Waals surface area (Å²) in [7, 11) is 0. The average Bonchev–Trinajstić information content (AvgIpc) is 0.667. The summed E-state index contributed by atoms with van der Waals surface area (Å²) in [6.45, 7) is -12.0. The Morgan fingerprint density at radius 1 is 0.181 bits per heavy atom. The Morgan fingerprint density at radius 3 is 0.352 bits per heavy atom. The topological polar surface area (TPSA) is 222 Å².